The maximum Gasteiger partial charge on any atom is 0.416 e. The highest BCUT2D eigenvalue weighted by Gasteiger charge is 2.31. The summed E-state index contributed by atoms with van der Waals surface area (Å²) in [7, 11) is 4.20. The van der Waals surface area contributed by atoms with Crippen molar-refractivity contribution in [3.8, 4) is 0 Å². The van der Waals surface area contributed by atoms with Crippen LogP contribution in [0.4, 0.5) is 35.9 Å². The van der Waals surface area contributed by atoms with Crippen molar-refractivity contribution in [2.75, 3.05) is 31.9 Å². The molecule has 3 aromatic rings. The third-order valence-electron chi connectivity index (χ3n) is 5.09. The Labute approximate surface area is 200 Å². The number of halogens is 3. The van der Waals surface area contributed by atoms with Crippen LogP contribution >= 0.6 is 0 Å². The fourth-order valence-electron chi connectivity index (χ4n) is 3.40. The van der Waals surface area contributed by atoms with Crippen molar-refractivity contribution in [1.82, 2.24) is 5.32 Å². The highest BCUT2D eigenvalue weighted by Crippen LogP contribution is 2.37. The van der Waals surface area contributed by atoms with Crippen LogP contribution in [-0.4, -0.2) is 33.2 Å². The van der Waals surface area contributed by atoms with Crippen LogP contribution in [0.25, 0.3) is 0 Å². The quantitative estimate of drug-likeness (QED) is 0.362. The molecule has 0 aliphatic rings. The molecule has 3 rings (SSSR count). The number of methoxy groups -OCH3 is 2. The van der Waals surface area contributed by atoms with Gasteiger partial charge in [0.05, 0.1) is 53.7 Å². The first-order chi connectivity index (χ1) is 16.7. The van der Waals surface area contributed by atoms with Gasteiger partial charge in [-0.25, -0.2) is 9.59 Å². The van der Waals surface area contributed by atoms with Gasteiger partial charge in [-0.1, -0.05) is 18.2 Å². The lowest BCUT2D eigenvalue weighted by molar-refractivity contribution is -0.137. The first-order valence-electron chi connectivity index (χ1n) is 10.5. The molecule has 0 spiro atoms. The Kier molecular flexibility index (Phi) is 7.98. The molecule has 0 amide bonds. The smallest absolute Gasteiger partial charge is 0.416 e. The second kappa shape index (κ2) is 10.9. The van der Waals surface area contributed by atoms with E-state index in [0.717, 1.165) is 17.7 Å². The van der Waals surface area contributed by atoms with Gasteiger partial charge in [-0.2, -0.15) is 13.2 Å². The van der Waals surface area contributed by atoms with Crippen molar-refractivity contribution in [2.45, 2.75) is 12.7 Å². The zero-order valence-corrected chi connectivity index (χ0v) is 19.2. The fourth-order valence-corrected chi connectivity index (χ4v) is 3.40. The van der Waals surface area contributed by atoms with Crippen LogP contribution in [0.5, 0.6) is 0 Å². The first-order valence-corrected chi connectivity index (χ1v) is 10.5. The predicted octanol–water partition coefficient (Wildman–Crippen LogP) is 5.49. The van der Waals surface area contributed by atoms with Gasteiger partial charge in [0, 0.05) is 6.54 Å². The largest absolute Gasteiger partial charge is 0.465 e. The summed E-state index contributed by atoms with van der Waals surface area (Å²) in [5.41, 5.74) is 1.10. The van der Waals surface area contributed by atoms with Crippen LogP contribution in [0.15, 0.2) is 60.7 Å². The third kappa shape index (κ3) is 6.10. The molecule has 0 saturated carbocycles. The maximum atomic E-state index is 13.5. The molecule has 10 heteroatoms. The Morgan fingerprint density at radius 2 is 1.37 bits per heavy atom. The predicted molar refractivity (Wildman–Crippen MR) is 126 cm³/mol. The molecular weight excluding hydrogens is 463 g/mol. The molecule has 0 aliphatic carbocycles. The minimum atomic E-state index is -4.60. The Morgan fingerprint density at radius 3 is 2.03 bits per heavy atom. The average molecular weight is 487 g/mol. The summed E-state index contributed by atoms with van der Waals surface area (Å²) < 4.78 is 50.1. The van der Waals surface area contributed by atoms with Crippen LogP contribution < -0.4 is 16.0 Å². The van der Waals surface area contributed by atoms with Gasteiger partial charge in [0.15, 0.2) is 0 Å². The number of rotatable bonds is 8. The SMILES string of the molecule is CNCc1ccc(Nc2cc(C(F)(F)F)ccc2Nc2ccccc2C(=O)OC)c(C(=O)OC)c1. The second-order valence-electron chi connectivity index (χ2n) is 7.45. The van der Waals surface area contributed by atoms with Gasteiger partial charge in [0.25, 0.3) is 0 Å². The van der Waals surface area contributed by atoms with E-state index in [2.05, 4.69) is 16.0 Å². The van der Waals surface area contributed by atoms with Crippen LogP contribution in [0, 0.1) is 0 Å². The van der Waals surface area contributed by atoms with E-state index in [4.69, 9.17) is 9.47 Å². The van der Waals surface area contributed by atoms with Crippen LogP contribution in [0.1, 0.15) is 31.8 Å². The lowest BCUT2D eigenvalue weighted by Crippen LogP contribution is -2.11. The summed E-state index contributed by atoms with van der Waals surface area (Å²) in [6, 6.07) is 14.4. The molecule has 3 N–H and O–H groups in total. The zero-order chi connectivity index (χ0) is 25.6. The molecule has 0 aliphatic heterocycles. The molecule has 3 aromatic carbocycles. The first kappa shape index (κ1) is 25.6. The molecule has 0 radical (unpaired) electrons. The van der Waals surface area contributed by atoms with E-state index >= 15 is 0 Å². The molecular formula is C25H24F3N3O4. The number of para-hydroxylation sites is 1. The van der Waals surface area contributed by atoms with Crippen molar-refractivity contribution in [3.05, 3.63) is 82.9 Å². The number of hydrogen-bond donors (Lipinski definition) is 3. The molecule has 0 fully saturated rings. The molecule has 7 nitrogen and oxygen atoms in total. The van der Waals surface area contributed by atoms with Crippen molar-refractivity contribution in [2.24, 2.45) is 0 Å². The van der Waals surface area contributed by atoms with Crippen molar-refractivity contribution < 1.29 is 32.2 Å². The number of esters is 2. The Hall–Kier alpha value is -4.05. The molecule has 0 bridgehead atoms. The number of ether oxygens (including phenoxy) is 2. The van der Waals surface area contributed by atoms with Gasteiger partial charge in [-0.05, 0) is 55.1 Å². The van der Waals surface area contributed by atoms with E-state index in [0.29, 0.717) is 12.2 Å². The van der Waals surface area contributed by atoms with E-state index in [1.165, 1.54) is 26.4 Å². The van der Waals surface area contributed by atoms with Gasteiger partial charge in [0.1, 0.15) is 0 Å². The highest BCUT2D eigenvalue weighted by molar-refractivity contribution is 5.99. The molecule has 0 saturated heterocycles. The minimum Gasteiger partial charge on any atom is -0.465 e. The Bertz CT molecular complexity index is 1230. The number of carbonyl (C=O) groups is 2. The molecule has 184 valence electrons. The summed E-state index contributed by atoms with van der Waals surface area (Å²) in [4.78, 5) is 24.5. The molecule has 0 heterocycles. The number of alkyl halides is 3. The average Bonchev–Trinajstić information content (AvgIpc) is 2.84. The number of carbonyl (C=O) groups excluding carboxylic acids is 2. The molecule has 0 aromatic heterocycles. The molecule has 0 atom stereocenters. The van der Waals surface area contributed by atoms with E-state index < -0.39 is 23.7 Å². The topological polar surface area (TPSA) is 88.7 Å². The van der Waals surface area contributed by atoms with E-state index in [1.807, 2.05) is 0 Å². The normalized spacial score (nSPS) is 11.0. The third-order valence-corrected chi connectivity index (χ3v) is 5.09. The second-order valence-corrected chi connectivity index (χ2v) is 7.45. The summed E-state index contributed by atoms with van der Waals surface area (Å²) >= 11 is 0. The summed E-state index contributed by atoms with van der Waals surface area (Å²) in [5, 5.41) is 8.89. The number of hydrogen-bond acceptors (Lipinski definition) is 7. The Balaban J connectivity index is 2.10. The summed E-state index contributed by atoms with van der Waals surface area (Å²) in [5.74, 6) is -1.26. The fraction of sp³-hybridized carbons (Fsp3) is 0.200. The van der Waals surface area contributed by atoms with Gasteiger partial charge in [-0.15, -0.1) is 0 Å². The van der Waals surface area contributed by atoms with Crippen molar-refractivity contribution in [1.29, 1.82) is 0 Å². The monoisotopic (exact) mass is 487 g/mol. The molecule has 0 unspecified atom stereocenters. The van der Waals surface area contributed by atoms with Crippen molar-refractivity contribution in [3.63, 3.8) is 0 Å². The van der Waals surface area contributed by atoms with E-state index in [-0.39, 0.29) is 28.2 Å². The van der Waals surface area contributed by atoms with E-state index in [1.54, 1.807) is 43.4 Å². The van der Waals surface area contributed by atoms with Gasteiger partial charge >= 0.3 is 18.1 Å². The van der Waals surface area contributed by atoms with Gasteiger partial charge in [0.2, 0.25) is 0 Å². The zero-order valence-electron chi connectivity index (χ0n) is 19.2. The maximum absolute atomic E-state index is 13.5. The lowest BCUT2D eigenvalue weighted by Gasteiger charge is -2.19. The van der Waals surface area contributed by atoms with Crippen LogP contribution in [0.3, 0.4) is 0 Å². The van der Waals surface area contributed by atoms with E-state index in [9.17, 15) is 22.8 Å². The highest BCUT2D eigenvalue weighted by atomic mass is 19.4. The summed E-state index contributed by atoms with van der Waals surface area (Å²) in [6.45, 7) is 0.477. The van der Waals surface area contributed by atoms with Gasteiger partial charge in [-0.3, -0.25) is 0 Å². The number of benzene rings is 3. The van der Waals surface area contributed by atoms with Crippen LogP contribution in [-0.2, 0) is 22.2 Å². The minimum absolute atomic E-state index is 0.0333. The standard InChI is InChI=1S/C25H24F3N3O4/c1-29-14-15-8-10-20(18(12-15)24(33)35-3)31-22-13-16(25(26,27)28)9-11-21(22)30-19-7-5-4-6-17(19)23(32)34-2/h4-13,29-31H,14H2,1-3H3. The number of nitrogens with one attached hydrogen (secondary N) is 3. The number of anilines is 4. The molecule has 35 heavy (non-hydrogen) atoms. The Morgan fingerprint density at radius 1 is 0.771 bits per heavy atom. The summed E-state index contributed by atoms with van der Waals surface area (Å²) in [6.07, 6.45) is -4.60. The van der Waals surface area contributed by atoms with Crippen molar-refractivity contribution >= 4 is 34.7 Å². The van der Waals surface area contributed by atoms with Crippen LogP contribution in [0.2, 0.25) is 0 Å². The lowest BCUT2D eigenvalue weighted by atomic mass is 10.1. The van der Waals surface area contributed by atoms with Gasteiger partial charge < -0.3 is 25.4 Å².